The largest absolute Gasteiger partial charge is 0.399 e. The van der Waals surface area contributed by atoms with Gasteiger partial charge in [-0.25, -0.2) is 4.98 Å². The number of halogens is 1. The number of anilines is 1. The van der Waals surface area contributed by atoms with Gasteiger partial charge in [0.25, 0.3) is 0 Å². The third kappa shape index (κ3) is 5.16. The molecule has 6 heteroatoms. The maximum absolute atomic E-state index is 5.83. The van der Waals surface area contributed by atoms with Gasteiger partial charge in [0.05, 0.1) is 17.7 Å². The Balaban J connectivity index is 0.00000242. The molecule has 0 saturated heterocycles. The summed E-state index contributed by atoms with van der Waals surface area (Å²) in [6.07, 6.45) is 1.84. The van der Waals surface area contributed by atoms with Gasteiger partial charge in [0, 0.05) is 25.9 Å². The fourth-order valence-electron chi connectivity index (χ4n) is 2.14. The molecule has 2 rings (SSSR count). The Labute approximate surface area is 140 Å². The second-order valence-corrected chi connectivity index (χ2v) is 12.2. The van der Waals surface area contributed by atoms with Crippen molar-refractivity contribution in [2.24, 2.45) is 0 Å². The molecule has 0 radical (unpaired) electrons. The number of hydrogen-bond donors (Lipinski definition) is 1. The number of hydrogen-bond acceptors (Lipinski definition) is 3. The van der Waals surface area contributed by atoms with Crippen molar-refractivity contribution in [3.63, 3.8) is 0 Å². The van der Waals surface area contributed by atoms with E-state index < -0.39 is 8.07 Å². The summed E-state index contributed by atoms with van der Waals surface area (Å²) in [7, 11) is -1.04. The zero-order valence-corrected chi connectivity index (χ0v) is 15.6. The van der Waals surface area contributed by atoms with E-state index in [4.69, 9.17) is 10.5 Å². The van der Waals surface area contributed by atoms with Crippen LogP contribution in [0.25, 0.3) is 11.3 Å². The molecular weight excluding hydrogens is 314 g/mol. The Bertz CT molecular complexity index is 590. The predicted octanol–water partition coefficient (Wildman–Crippen LogP) is 4.17. The van der Waals surface area contributed by atoms with Crippen LogP contribution in [0.1, 0.15) is 5.69 Å². The molecule has 1 heterocycles. The predicted molar refractivity (Wildman–Crippen MR) is 98.2 cm³/mol. The quantitative estimate of drug-likeness (QED) is 0.488. The summed E-state index contributed by atoms with van der Waals surface area (Å²) in [5.74, 6) is 0. The van der Waals surface area contributed by atoms with Crippen molar-refractivity contribution in [2.75, 3.05) is 12.3 Å². The molecule has 1 aromatic heterocycles. The van der Waals surface area contributed by atoms with Gasteiger partial charge in [-0.05, 0) is 25.1 Å². The summed E-state index contributed by atoms with van der Waals surface area (Å²) in [4.78, 5) is 4.40. The standard InChI is InChI=1S/C16H25N3OSi.ClH/c1-13-16(14-5-7-15(17)8-6-14)19(11-18-13)12-20-9-10-21(2,3)4;/h5-8,11H,9-10,12,17H2,1-4H3;1H. The molecule has 4 nitrogen and oxygen atoms in total. The van der Waals surface area contributed by atoms with Crippen LogP contribution >= 0.6 is 12.4 Å². The van der Waals surface area contributed by atoms with E-state index in [9.17, 15) is 0 Å². The van der Waals surface area contributed by atoms with E-state index >= 15 is 0 Å². The van der Waals surface area contributed by atoms with Gasteiger partial charge in [-0.15, -0.1) is 12.4 Å². The summed E-state index contributed by atoms with van der Waals surface area (Å²) in [5.41, 5.74) is 9.75. The number of nitrogens with two attached hydrogens (primary N) is 1. The second kappa shape index (κ2) is 7.81. The Hall–Kier alpha value is -1.30. The lowest BCUT2D eigenvalue weighted by Gasteiger charge is -2.16. The lowest BCUT2D eigenvalue weighted by molar-refractivity contribution is 0.0881. The van der Waals surface area contributed by atoms with Crippen LogP contribution in [0.3, 0.4) is 0 Å². The van der Waals surface area contributed by atoms with Crippen molar-refractivity contribution < 1.29 is 4.74 Å². The Morgan fingerprint density at radius 1 is 1.18 bits per heavy atom. The van der Waals surface area contributed by atoms with Crippen molar-refractivity contribution in [3.8, 4) is 11.3 Å². The van der Waals surface area contributed by atoms with E-state index in [-0.39, 0.29) is 12.4 Å². The highest BCUT2D eigenvalue weighted by molar-refractivity contribution is 6.76. The molecule has 0 bridgehead atoms. The van der Waals surface area contributed by atoms with Gasteiger partial charge < -0.3 is 15.0 Å². The molecule has 0 aliphatic heterocycles. The summed E-state index contributed by atoms with van der Waals surface area (Å²) in [5, 5.41) is 0. The van der Waals surface area contributed by atoms with Crippen molar-refractivity contribution in [1.29, 1.82) is 0 Å². The van der Waals surface area contributed by atoms with Gasteiger partial charge in [0.2, 0.25) is 0 Å². The van der Waals surface area contributed by atoms with E-state index in [0.717, 1.165) is 29.2 Å². The number of aromatic nitrogens is 2. The van der Waals surface area contributed by atoms with Gasteiger partial charge in [0.15, 0.2) is 0 Å². The number of imidazole rings is 1. The number of ether oxygens (including phenoxy) is 1. The number of aryl methyl sites for hydroxylation is 1. The zero-order valence-electron chi connectivity index (χ0n) is 13.8. The molecule has 0 atom stereocenters. The highest BCUT2D eigenvalue weighted by Gasteiger charge is 2.13. The van der Waals surface area contributed by atoms with Crippen LogP contribution in [0.2, 0.25) is 25.7 Å². The van der Waals surface area contributed by atoms with Crippen molar-refractivity contribution in [3.05, 3.63) is 36.3 Å². The summed E-state index contributed by atoms with van der Waals surface area (Å²) in [6.45, 7) is 10.5. The van der Waals surface area contributed by atoms with Crippen molar-refractivity contribution >= 4 is 26.2 Å². The fourth-order valence-corrected chi connectivity index (χ4v) is 2.89. The Morgan fingerprint density at radius 3 is 2.41 bits per heavy atom. The number of rotatable bonds is 6. The van der Waals surface area contributed by atoms with Crippen LogP contribution in [0.4, 0.5) is 5.69 Å². The van der Waals surface area contributed by atoms with E-state index in [1.165, 1.54) is 6.04 Å². The van der Waals surface area contributed by atoms with Crippen LogP contribution in [-0.2, 0) is 11.5 Å². The van der Waals surface area contributed by atoms with E-state index in [1.807, 2.05) is 37.5 Å². The minimum absolute atomic E-state index is 0. The van der Waals surface area contributed by atoms with Crippen LogP contribution in [0.15, 0.2) is 30.6 Å². The average molecular weight is 340 g/mol. The molecule has 0 fully saturated rings. The molecule has 0 aliphatic carbocycles. The molecule has 22 heavy (non-hydrogen) atoms. The summed E-state index contributed by atoms with van der Waals surface area (Å²) >= 11 is 0. The minimum Gasteiger partial charge on any atom is -0.399 e. The molecule has 2 N–H and O–H groups in total. The van der Waals surface area contributed by atoms with E-state index in [1.54, 1.807) is 0 Å². The van der Waals surface area contributed by atoms with Gasteiger partial charge in [-0.2, -0.15) is 0 Å². The first-order chi connectivity index (χ1) is 9.87. The molecule has 2 aromatic rings. The molecule has 122 valence electrons. The van der Waals surface area contributed by atoms with Crippen LogP contribution in [0, 0.1) is 6.92 Å². The van der Waals surface area contributed by atoms with Crippen LogP contribution < -0.4 is 5.73 Å². The number of nitrogen functional groups attached to an aromatic ring is 1. The van der Waals surface area contributed by atoms with E-state index in [2.05, 4.69) is 29.2 Å². The average Bonchev–Trinajstić information content (AvgIpc) is 2.76. The van der Waals surface area contributed by atoms with Crippen LogP contribution in [-0.4, -0.2) is 24.2 Å². The molecule has 0 aliphatic rings. The maximum Gasteiger partial charge on any atom is 0.124 e. The molecular formula is C16H26ClN3OSi. The lowest BCUT2D eigenvalue weighted by Crippen LogP contribution is -2.22. The molecule has 0 saturated carbocycles. The first-order valence-electron chi connectivity index (χ1n) is 7.32. The summed E-state index contributed by atoms with van der Waals surface area (Å²) < 4.78 is 7.89. The maximum atomic E-state index is 5.83. The third-order valence-electron chi connectivity index (χ3n) is 3.43. The number of benzene rings is 1. The van der Waals surface area contributed by atoms with Crippen molar-refractivity contribution in [1.82, 2.24) is 9.55 Å². The Kier molecular flexibility index (Phi) is 6.65. The highest BCUT2D eigenvalue weighted by atomic mass is 35.5. The molecule has 0 spiro atoms. The SMILES string of the molecule is Cc1ncn(COCC[Si](C)(C)C)c1-c1ccc(N)cc1.Cl. The molecule has 1 aromatic carbocycles. The first-order valence-corrected chi connectivity index (χ1v) is 11.0. The van der Waals surface area contributed by atoms with Gasteiger partial charge in [-0.1, -0.05) is 31.8 Å². The monoisotopic (exact) mass is 339 g/mol. The third-order valence-corrected chi connectivity index (χ3v) is 5.14. The van der Waals surface area contributed by atoms with Gasteiger partial charge in [-0.3, -0.25) is 0 Å². The molecule has 0 amide bonds. The highest BCUT2D eigenvalue weighted by Crippen LogP contribution is 2.24. The minimum atomic E-state index is -1.04. The number of nitrogens with zero attached hydrogens (tertiary/aromatic N) is 2. The topological polar surface area (TPSA) is 53.1 Å². The summed E-state index contributed by atoms with van der Waals surface area (Å²) in [6, 6.07) is 9.06. The second-order valence-electron chi connectivity index (χ2n) is 6.62. The first kappa shape index (κ1) is 18.7. The normalized spacial score (nSPS) is 11.3. The smallest absolute Gasteiger partial charge is 0.124 e. The van der Waals surface area contributed by atoms with Crippen molar-refractivity contribution in [2.45, 2.75) is 39.3 Å². The van der Waals surface area contributed by atoms with E-state index in [0.29, 0.717) is 6.73 Å². The van der Waals surface area contributed by atoms with Crippen LogP contribution in [0.5, 0.6) is 0 Å². The lowest BCUT2D eigenvalue weighted by atomic mass is 10.1. The fraction of sp³-hybridized carbons (Fsp3) is 0.438. The van der Waals surface area contributed by atoms with Gasteiger partial charge in [0.1, 0.15) is 6.73 Å². The Morgan fingerprint density at radius 2 is 1.82 bits per heavy atom. The van der Waals surface area contributed by atoms with Gasteiger partial charge >= 0.3 is 0 Å². The molecule has 0 unspecified atom stereocenters. The zero-order chi connectivity index (χ0) is 15.5.